The molecule has 5 rings (SSSR count). The minimum atomic E-state index is -0.0853. The second-order valence-electron chi connectivity index (χ2n) is 7.66. The van der Waals surface area contributed by atoms with Crippen LogP contribution in [0.1, 0.15) is 27.0 Å². The van der Waals surface area contributed by atoms with Crippen molar-refractivity contribution in [3.8, 4) is 11.1 Å². The largest absolute Gasteiger partial charge is 0.355 e. The van der Waals surface area contributed by atoms with Crippen molar-refractivity contribution >= 4 is 28.1 Å². The highest BCUT2D eigenvalue weighted by Gasteiger charge is 2.29. The molecule has 0 unspecified atom stereocenters. The summed E-state index contributed by atoms with van der Waals surface area (Å²) in [6.07, 6.45) is 0. The molecule has 142 valence electrons. The van der Waals surface area contributed by atoms with Crippen LogP contribution in [-0.2, 0) is 7.05 Å². The van der Waals surface area contributed by atoms with Crippen LogP contribution in [0.15, 0.2) is 65.5 Å². The van der Waals surface area contributed by atoms with Crippen LogP contribution in [0.4, 0.5) is 11.4 Å². The molecule has 0 spiro atoms. The van der Waals surface area contributed by atoms with Crippen LogP contribution in [0.25, 0.3) is 22.0 Å². The van der Waals surface area contributed by atoms with E-state index in [9.17, 15) is 9.59 Å². The van der Waals surface area contributed by atoms with Crippen LogP contribution in [0.5, 0.6) is 0 Å². The van der Waals surface area contributed by atoms with E-state index in [4.69, 9.17) is 0 Å². The van der Waals surface area contributed by atoms with Crippen LogP contribution in [0.3, 0.4) is 0 Å². The van der Waals surface area contributed by atoms with E-state index in [1.54, 1.807) is 17.7 Å². The van der Waals surface area contributed by atoms with Crippen molar-refractivity contribution in [2.75, 3.05) is 5.32 Å². The molecule has 4 nitrogen and oxygen atoms in total. The van der Waals surface area contributed by atoms with Crippen molar-refractivity contribution in [2.45, 2.75) is 13.8 Å². The Morgan fingerprint density at radius 2 is 1.55 bits per heavy atom. The van der Waals surface area contributed by atoms with Gasteiger partial charge in [0, 0.05) is 29.8 Å². The number of ketones is 1. The molecule has 0 radical (unpaired) electrons. The molecule has 0 saturated carbocycles. The summed E-state index contributed by atoms with van der Waals surface area (Å²) in [4.78, 5) is 26.1. The molecular weight excluding hydrogens is 360 g/mol. The Hall–Kier alpha value is -3.66. The van der Waals surface area contributed by atoms with Gasteiger partial charge < -0.3 is 9.88 Å². The fraction of sp³-hybridized carbons (Fsp3) is 0.120. The summed E-state index contributed by atoms with van der Waals surface area (Å²) >= 11 is 0. The Morgan fingerprint density at radius 3 is 2.34 bits per heavy atom. The summed E-state index contributed by atoms with van der Waals surface area (Å²) in [5.41, 5.74) is 7.53. The average molecular weight is 380 g/mol. The summed E-state index contributed by atoms with van der Waals surface area (Å²) in [5, 5.41) is 4.30. The maximum Gasteiger partial charge on any atom is 0.251 e. The van der Waals surface area contributed by atoms with Crippen LogP contribution < -0.4 is 10.9 Å². The average Bonchev–Trinajstić information content (AvgIpc) is 2.72. The third-order valence-electron chi connectivity index (χ3n) is 5.76. The van der Waals surface area contributed by atoms with E-state index in [1.807, 2.05) is 50.2 Å². The van der Waals surface area contributed by atoms with Gasteiger partial charge in [0.15, 0.2) is 5.78 Å². The lowest BCUT2D eigenvalue weighted by Gasteiger charge is -2.24. The number of carbonyl (C=O) groups is 1. The van der Waals surface area contributed by atoms with E-state index in [-0.39, 0.29) is 11.3 Å². The summed E-state index contributed by atoms with van der Waals surface area (Å²) < 4.78 is 1.60. The quantitative estimate of drug-likeness (QED) is 0.463. The second kappa shape index (κ2) is 6.17. The molecule has 29 heavy (non-hydrogen) atoms. The first-order valence-corrected chi connectivity index (χ1v) is 9.61. The van der Waals surface area contributed by atoms with Crippen molar-refractivity contribution < 1.29 is 4.79 Å². The van der Waals surface area contributed by atoms with Crippen molar-refractivity contribution in [3.05, 3.63) is 93.3 Å². The van der Waals surface area contributed by atoms with Crippen molar-refractivity contribution in [3.63, 3.8) is 0 Å². The number of fused-ring (bicyclic) bond motifs is 2. The first-order chi connectivity index (χ1) is 14.0. The molecule has 1 aliphatic rings. The lowest BCUT2D eigenvalue weighted by molar-refractivity contribution is 0.104. The Balaban J connectivity index is 1.86. The predicted octanol–water partition coefficient (Wildman–Crippen LogP) is 5.11. The molecule has 4 aromatic rings. The monoisotopic (exact) mass is 380 g/mol. The molecule has 4 heteroatoms. The highest BCUT2D eigenvalue weighted by molar-refractivity contribution is 6.28. The lowest BCUT2D eigenvalue weighted by Crippen LogP contribution is -2.21. The summed E-state index contributed by atoms with van der Waals surface area (Å²) in [6, 6.07) is 19.2. The molecule has 1 N–H and O–H groups in total. The molecule has 0 bridgehead atoms. The molecule has 0 saturated heterocycles. The van der Waals surface area contributed by atoms with Crippen LogP contribution in [0, 0.1) is 13.8 Å². The van der Waals surface area contributed by atoms with Crippen LogP contribution in [-0.4, -0.2) is 10.4 Å². The number of anilines is 2. The van der Waals surface area contributed by atoms with Gasteiger partial charge in [-0.1, -0.05) is 36.4 Å². The lowest BCUT2D eigenvalue weighted by atomic mass is 9.83. The molecule has 0 aliphatic heterocycles. The van der Waals surface area contributed by atoms with Crippen molar-refractivity contribution in [1.82, 2.24) is 4.57 Å². The summed E-state index contributed by atoms with van der Waals surface area (Å²) in [7, 11) is 1.74. The zero-order valence-electron chi connectivity index (χ0n) is 16.5. The fourth-order valence-electron chi connectivity index (χ4n) is 4.17. The highest BCUT2D eigenvalue weighted by atomic mass is 16.1. The molecule has 1 aromatic heterocycles. The number of rotatable bonds is 2. The number of nitrogens with zero attached hydrogens (tertiary/aromatic N) is 1. The van der Waals surface area contributed by atoms with Gasteiger partial charge in [-0.2, -0.15) is 0 Å². The minimum absolute atomic E-state index is 0.0230. The number of aromatic nitrogens is 1. The molecule has 0 fully saturated rings. The maximum atomic E-state index is 13.5. The predicted molar refractivity (Wildman–Crippen MR) is 117 cm³/mol. The normalized spacial score (nSPS) is 12.2. The summed E-state index contributed by atoms with van der Waals surface area (Å²) in [6.45, 7) is 4.09. The highest BCUT2D eigenvalue weighted by Crippen LogP contribution is 2.42. The van der Waals surface area contributed by atoms with E-state index in [1.165, 1.54) is 0 Å². The first-order valence-electron chi connectivity index (χ1n) is 9.61. The Kier molecular flexibility index (Phi) is 3.71. The smallest absolute Gasteiger partial charge is 0.251 e. The maximum absolute atomic E-state index is 13.5. The topological polar surface area (TPSA) is 51.1 Å². The number of aryl methyl sites for hydroxylation is 3. The number of hydrogen-bond donors (Lipinski definition) is 1. The fourth-order valence-corrected chi connectivity index (χ4v) is 4.17. The van der Waals surface area contributed by atoms with Gasteiger partial charge in [-0.3, -0.25) is 9.59 Å². The van der Waals surface area contributed by atoms with E-state index in [0.29, 0.717) is 11.1 Å². The zero-order chi connectivity index (χ0) is 20.3. The number of hydrogen-bond acceptors (Lipinski definition) is 3. The second-order valence-corrected chi connectivity index (χ2v) is 7.66. The SMILES string of the molecule is Cc1ccc(C)c(Nc2ccc3c4c(cc(=O)n3C)-c3ccccc3C(=O)c24)c1. The Morgan fingerprint density at radius 1 is 0.793 bits per heavy atom. The number of pyridine rings is 1. The number of carbonyl (C=O) groups excluding carboxylic acids is 1. The third kappa shape index (κ3) is 2.53. The van der Waals surface area contributed by atoms with E-state index < -0.39 is 0 Å². The van der Waals surface area contributed by atoms with Gasteiger partial charge in [0.05, 0.1) is 16.8 Å². The number of benzene rings is 3. The van der Waals surface area contributed by atoms with Crippen LogP contribution >= 0.6 is 0 Å². The summed E-state index contributed by atoms with van der Waals surface area (Å²) in [5.74, 6) is -0.0230. The molecular formula is C25H20N2O2. The molecule has 1 aliphatic carbocycles. The van der Waals surface area contributed by atoms with Gasteiger partial charge in [0.1, 0.15) is 0 Å². The third-order valence-corrected chi connectivity index (χ3v) is 5.76. The van der Waals surface area contributed by atoms with Gasteiger partial charge in [-0.15, -0.1) is 0 Å². The van der Waals surface area contributed by atoms with Gasteiger partial charge in [-0.05, 0) is 54.3 Å². The zero-order valence-corrected chi connectivity index (χ0v) is 16.5. The van der Waals surface area contributed by atoms with E-state index >= 15 is 0 Å². The van der Waals surface area contributed by atoms with Gasteiger partial charge >= 0.3 is 0 Å². The van der Waals surface area contributed by atoms with Crippen molar-refractivity contribution in [1.29, 1.82) is 0 Å². The molecule has 1 heterocycles. The standard InChI is InChI=1S/C25H20N2O2/c1-14-8-9-15(2)20(12-14)26-19-10-11-21-23-18(13-22(28)27(21)3)16-6-4-5-7-17(16)25(29)24(19)23/h4-13,26H,1-3H3. The van der Waals surface area contributed by atoms with Crippen molar-refractivity contribution in [2.24, 2.45) is 7.05 Å². The Bertz CT molecular complexity index is 1400. The van der Waals surface area contributed by atoms with E-state index in [0.717, 1.165) is 44.5 Å². The molecule has 0 amide bonds. The van der Waals surface area contributed by atoms with Gasteiger partial charge in [-0.25, -0.2) is 0 Å². The molecule has 3 aromatic carbocycles. The first kappa shape index (κ1) is 17.4. The minimum Gasteiger partial charge on any atom is -0.355 e. The molecule has 0 atom stereocenters. The van der Waals surface area contributed by atoms with Gasteiger partial charge in [0.2, 0.25) is 0 Å². The van der Waals surface area contributed by atoms with Crippen LogP contribution in [0.2, 0.25) is 0 Å². The number of nitrogens with one attached hydrogen (secondary N) is 1. The van der Waals surface area contributed by atoms with Gasteiger partial charge in [0.25, 0.3) is 5.56 Å². The Labute approximate surface area is 168 Å². The van der Waals surface area contributed by atoms with E-state index in [2.05, 4.69) is 23.5 Å².